The number of aryl methyl sites for hydroxylation is 1. The second-order valence-electron chi connectivity index (χ2n) is 9.86. The Labute approximate surface area is 250 Å². The van der Waals surface area contributed by atoms with Gasteiger partial charge in [-0.3, -0.25) is 19.2 Å². The summed E-state index contributed by atoms with van der Waals surface area (Å²) in [5.41, 5.74) is 2.48. The van der Waals surface area contributed by atoms with Crippen LogP contribution in [-0.4, -0.2) is 70.6 Å². The molecule has 0 amide bonds. The Morgan fingerprint density at radius 1 is 0.767 bits per heavy atom. The molecule has 3 rings (SSSR count). The monoisotopic (exact) mass is 602 g/mol. The van der Waals surface area contributed by atoms with Gasteiger partial charge in [-0.1, -0.05) is 12.1 Å². The fourth-order valence-corrected chi connectivity index (χ4v) is 4.60. The highest BCUT2D eigenvalue weighted by Gasteiger charge is 2.39. The van der Waals surface area contributed by atoms with Crippen molar-refractivity contribution < 1.29 is 57.1 Å². The van der Waals surface area contributed by atoms with Crippen molar-refractivity contribution in [2.75, 3.05) is 40.6 Å². The number of esters is 4. The van der Waals surface area contributed by atoms with E-state index in [0.29, 0.717) is 48.0 Å². The largest absolute Gasteiger partial charge is 0.493 e. The van der Waals surface area contributed by atoms with E-state index in [0.717, 1.165) is 11.1 Å². The first-order chi connectivity index (χ1) is 20.5. The van der Waals surface area contributed by atoms with Crippen LogP contribution in [0.15, 0.2) is 30.3 Å². The van der Waals surface area contributed by atoms with Gasteiger partial charge in [0.2, 0.25) is 0 Å². The first-order valence-electron chi connectivity index (χ1n) is 13.8. The van der Waals surface area contributed by atoms with Gasteiger partial charge in [-0.15, -0.1) is 0 Å². The topological polar surface area (TPSA) is 142 Å². The van der Waals surface area contributed by atoms with Crippen molar-refractivity contribution in [1.82, 2.24) is 0 Å². The van der Waals surface area contributed by atoms with Crippen LogP contribution in [0.3, 0.4) is 0 Å². The van der Waals surface area contributed by atoms with Gasteiger partial charge < -0.3 is 37.9 Å². The number of methoxy groups -OCH3 is 2. The van der Waals surface area contributed by atoms with E-state index in [2.05, 4.69) is 0 Å². The molecular formula is C31H38O12. The third-order valence-corrected chi connectivity index (χ3v) is 6.51. The van der Waals surface area contributed by atoms with Crippen molar-refractivity contribution in [2.24, 2.45) is 0 Å². The molecular weight excluding hydrogens is 564 g/mol. The van der Waals surface area contributed by atoms with Gasteiger partial charge in [0.1, 0.15) is 25.9 Å². The highest BCUT2D eigenvalue weighted by molar-refractivity contribution is 5.67. The van der Waals surface area contributed by atoms with E-state index < -0.39 is 30.1 Å². The Morgan fingerprint density at radius 2 is 1.40 bits per heavy atom. The fraction of sp³-hybridized carbons (Fsp3) is 0.484. The molecule has 0 N–H and O–H groups in total. The summed E-state index contributed by atoms with van der Waals surface area (Å²) in [5.74, 6) is -0.385. The van der Waals surface area contributed by atoms with E-state index in [-0.39, 0.29) is 31.7 Å². The molecule has 12 nitrogen and oxygen atoms in total. The molecule has 2 atom stereocenters. The first kappa shape index (κ1) is 33.0. The Kier molecular flexibility index (Phi) is 12.0. The number of rotatable bonds is 15. The van der Waals surface area contributed by atoms with Gasteiger partial charge in [0.25, 0.3) is 0 Å². The van der Waals surface area contributed by atoms with Crippen LogP contribution in [0.1, 0.15) is 62.8 Å². The van der Waals surface area contributed by atoms with E-state index in [1.54, 1.807) is 25.3 Å². The van der Waals surface area contributed by atoms with Crippen molar-refractivity contribution in [1.29, 1.82) is 0 Å². The average Bonchev–Trinajstić information content (AvgIpc) is 3.33. The molecule has 0 bridgehead atoms. The van der Waals surface area contributed by atoms with Gasteiger partial charge in [-0.2, -0.15) is 0 Å². The summed E-state index contributed by atoms with van der Waals surface area (Å²) >= 11 is 0. The molecule has 0 aromatic heterocycles. The maximum absolute atomic E-state index is 11.8. The SMILES string of the molecule is COc1cc([C@H]2Oc3c(OC)cc(CCCOC(C)=O)cc3[C@@H]2COC(C)=O)ccc1OC(COC(C)=O)COC(C)=O. The predicted octanol–water partition coefficient (Wildman–Crippen LogP) is 3.85. The van der Waals surface area contributed by atoms with Crippen LogP contribution < -0.4 is 18.9 Å². The third-order valence-electron chi connectivity index (χ3n) is 6.51. The van der Waals surface area contributed by atoms with E-state index in [9.17, 15) is 19.2 Å². The van der Waals surface area contributed by atoms with Crippen molar-refractivity contribution in [3.63, 3.8) is 0 Å². The molecule has 2 aromatic carbocycles. The minimum absolute atomic E-state index is 0.0560. The lowest BCUT2D eigenvalue weighted by Crippen LogP contribution is -2.30. The normalized spacial score (nSPS) is 15.1. The molecule has 1 heterocycles. The molecule has 0 fully saturated rings. The molecule has 12 heteroatoms. The quantitative estimate of drug-likeness (QED) is 0.166. The minimum Gasteiger partial charge on any atom is -0.493 e. The molecule has 0 saturated carbocycles. The van der Waals surface area contributed by atoms with Crippen molar-refractivity contribution in [3.05, 3.63) is 47.0 Å². The van der Waals surface area contributed by atoms with Gasteiger partial charge >= 0.3 is 23.9 Å². The Bertz CT molecular complexity index is 1290. The molecule has 43 heavy (non-hydrogen) atoms. The predicted molar refractivity (Wildman–Crippen MR) is 151 cm³/mol. The summed E-state index contributed by atoms with van der Waals surface area (Å²) in [7, 11) is 3.03. The number of ether oxygens (including phenoxy) is 8. The number of benzene rings is 2. The fourth-order valence-electron chi connectivity index (χ4n) is 4.60. The second-order valence-corrected chi connectivity index (χ2v) is 9.86. The molecule has 0 radical (unpaired) electrons. The average molecular weight is 603 g/mol. The number of hydrogen-bond donors (Lipinski definition) is 0. The summed E-state index contributed by atoms with van der Waals surface area (Å²) in [6, 6.07) is 9.07. The van der Waals surface area contributed by atoms with Gasteiger partial charge in [0, 0.05) is 33.3 Å². The second kappa shape index (κ2) is 15.7. The summed E-state index contributed by atoms with van der Waals surface area (Å²) in [4.78, 5) is 45.6. The Morgan fingerprint density at radius 3 is 1.98 bits per heavy atom. The summed E-state index contributed by atoms with van der Waals surface area (Å²) in [6.07, 6.45) is -0.0985. The smallest absolute Gasteiger partial charge is 0.302 e. The van der Waals surface area contributed by atoms with E-state index >= 15 is 0 Å². The lowest BCUT2D eigenvalue weighted by molar-refractivity contribution is -0.148. The highest BCUT2D eigenvalue weighted by atomic mass is 16.6. The first-order valence-corrected chi connectivity index (χ1v) is 13.8. The molecule has 2 aromatic rings. The lowest BCUT2D eigenvalue weighted by Gasteiger charge is -2.23. The number of carbonyl (C=O) groups excluding carboxylic acids is 4. The van der Waals surface area contributed by atoms with Gasteiger partial charge in [-0.25, -0.2) is 0 Å². The van der Waals surface area contributed by atoms with E-state index in [1.165, 1.54) is 34.8 Å². The van der Waals surface area contributed by atoms with Crippen LogP contribution in [0, 0.1) is 0 Å². The van der Waals surface area contributed by atoms with Crippen LogP contribution in [0.4, 0.5) is 0 Å². The maximum Gasteiger partial charge on any atom is 0.302 e. The van der Waals surface area contributed by atoms with Crippen LogP contribution in [-0.2, 0) is 44.5 Å². The number of fused-ring (bicyclic) bond motifs is 1. The molecule has 0 saturated heterocycles. The van der Waals surface area contributed by atoms with Crippen LogP contribution in [0.25, 0.3) is 0 Å². The minimum atomic E-state index is -0.778. The molecule has 0 unspecified atom stereocenters. The zero-order valence-corrected chi connectivity index (χ0v) is 25.3. The van der Waals surface area contributed by atoms with Gasteiger partial charge in [0.15, 0.2) is 29.1 Å². The summed E-state index contributed by atoms with van der Waals surface area (Å²) in [5, 5.41) is 0. The van der Waals surface area contributed by atoms with Crippen LogP contribution in [0.2, 0.25) is 0 Å². The zero-order valence-electron chi connectivity index (χ0n) is 25.3. The van der Waals surface area contributed by atoms with Crippen molar-refractivity contribution >= 4 is 23.9 Å². The Balaban J connectivity index is 1.91. The molecule has 0 spiro atoms. The van der Waals surface area contributed by atoms with E-state index in [4.69, 9.17) is 37.9 Å². The van der Waals surface area contributed by atoms with Crippen LogP contribution >= 0.6 is 0 Å². The van der Waals surface area contributed by atoms with E-state index in [1.807, 2.05) is 12.1 Å². The zero-order chi connectivity index (χ0) is 31.5. The number of carbonyl (C=O) groups is 4. The highest BCUT2D eigenvalue weighted by Crippen LogP contribution is 2.52. The molecule has 234 valence electrons. The molecule has 1 aliphatic rings. The molecule has 1 aliphatic heterocycles. The summed E-state index contributed by atoms with van der Waals surface area (Å²) in [6.45, 7) is 5.32. The molecule has 0 aliphatic carbocycles. The maximum atomic E-state index is 11.8. The van der Waals surface area contributed by atoms with Gasteiger partial charge in [0.05, 0.1) is 26.7 Å². The van der Waals surface area contributed by atoms with Crippen LogP contribution in [0.5, 0.6) is 23.0 Å². The Hall–Kier alpha value is -4.48. The lowest BCUT2D eigenvalue weighted by atomic mass is 9.90. The third kappa shape index (κ3) is 9.52. The number of hydrogen-bond acceptors (Lipinski definition) is 12. The summed E-state index contributed by atoms with van der Waals surface area (Å²) < 4.78 is 44.3. The standard InChI is InChI=1S/C31H38O12/c1-18(32)38-11-7-8-22-12-25-26(17-41-21(4)35)30(43-31(25)29(13-22)37-6)23-9-10-27(28(14-23)36-5)42-24(15-39-19(2)33)16-40-20(3)34/h9-10,12-14,24,26,30H,7-8,11,15-17H2,1-6H3/t26-,30+/m0/s1. The van der Waals surface area contributed by atoms with Crippen molar-refractivity contribution in [2.45, 2.75) is 58.7 Å². The van der Waals surface area contributed by atoms with Gasteiger partial charge in [-0.05, 0) is 42.2 Å². The van der Waals surface area contributed by atoms with Crippen molar-refractivity contribution in [3.8, 4) is 23.0 Å².